The smallest absolute Gasteiger partial charge is 0.374 e. The van der Waals surface area contributed by atoms with E-state index in [9.17, 15) is 4.79 Å². The van der Waals surface area contributed by atoms with Crippen molar-refractivity contribution in [3.8, 4) is 5.69 Å². The standard InChI is InChI=1S/C15H13N3O3/c1-11(21-15(19)14-3-2-8-20-14)12-4-6-13(7-5-12)18-10-16-9-17-18/h2-11H,1H3/t11-/m1/s1. The average molecular weight is 283 g/mol. The van der Waals surface area contributed by atoms with E-state index in [4.69, 9.17) is 9.15 Å². The van der Waals surface area contributed by atoms with E-state index in [2.05, 4.69) is 10.1 Å². The molecular formula is C15H13N3O3. The topological polar surface area (TPSA) is 70.2 Å². The lowest BCUT2D eigenvalue weighted by Gasteiger charge is -2.13. The number of ether oxygens (including phenoxy) is 1. The van der Waals surface area contributed by atoms with Gasteiger partial charge in [0.05, 0.1) is 12.0 Å². The highest BCUT2D eigenvalue weighted by atomic mass is 16.6. The molecule has 1 atom stereocenters. The van der Waals surface area contributed by atoms with Crippen LogP contribution in [0.3, 0.4) is 0 Å². The highest BCUT2D eigenvalue weighted by Gasteiger charge is 2.15. The van der Waals surface area contributed by atoms with Crippen molar-refractivity contribution in [2.24, 2.45) is 0 Å². The van der Waals surface area contributed by atoms with Gasteiger partial charge in [-0.15, -0.1) is 0 Å². The third kappa shape index (κ3) is 2.84. The average Bonchev–Trinajstić information content (AvgIpc) is 3.20. The maximum atomic E-state index is 11.8. The number of benzene rings is 1. The minimum Gasteiger partial charge on any atom is -0.457 e. The van der Waals surface area contributed by atoms with Crippen LogP contribution in [0.1, 0.15) is 29.1 Å². The maximum Gasteiger partial charge on any atom is 0.374 e. The molecule has 0 bridgehead atoms. The summed E-state index contributed by atoms with van der Waals surface area (Å²) in [7, 11) is 0. The number of esters is 1. The lowest BCUT2D eigenvalue weighted by atomic mass is 10.1. The first-order chi connectivity index (χ1) is 10.2. The molecule has 0 radical (unpaired) electrons. The van der Waals surface area contributed by atoms with Crippen LogP contribution in [-0.4, -0.2) is 20.7 Å². The summed E-state index contributed by atoms with van der Waals surface area (Å²) in [6, 6.07) is 10.8. The second-order valence-corrected chi connectivity index (χ2v) is 4.46. The number of aromatic nitrogens is 3. The number of carbonyl (C=O) groups excluding carboxylic acids is 1. The number of hydrogen-bond acceptors (Lipinski definition) is 5. The lowest BCUT2D eigenvalue weighted by molar-refractivity contribution is 0.0301. The van der Waals surface area contributed by atoms with E-state index in [0.717, 1.165) is 11.3 Å². The Hall–Kier alpha value is -2.89. The molecule has 2 aromatic heterocycles. The zero-order chi connectivity index (χ0) is 14.7. The second kappa shape index (κ2) is 5.62. The van der Waals surface area contributed by atoms with Crippen molar-refractivity contribution in [2.45, 2.75) is 13.0 Å². The molecule has 0 saturated carbocycles. The number of carbonyl (C=O) groups is 1. The molecule has 0 aliphatic heterocycles. The van der Waals surface area contributed by atoms with Gasteiger partial charge in [0.1, 0.15) is 18.8 Å². The van der Waals surface area contributed by atoms with E-state index in [1.807, 2.05) is 31.2 Å². The van der Waals surface area contributed by atoms with Crippen LogP contribution >= 0.6 is 0 Å². The Bertz CT molecular complexity index is 703. The van der Waals surface area contributed by atoms with Crippen molar-refractivity contribution in [2.75, 3.05) is 0 Å². The van der Waals surface area contributed by atoms with Gasteiger partial charge >= 0.3 is 5.97 Å². The van der Waals surface area contributed by atoms with Crippen LogP contribution in [0.4, 0.5) is 0 Å². The fourth-order valence-corrected chi connectivity index (χ4v) is 1.92. The Morgan fingerprint density at radius 2 is 2.10 bits per heavy atom. The zero-order valence-corrected chi connectivity index (χ0v) is 11.3. The van der Waals surface area contributed by atoms with Crippen LogP contribution in [0.25, 0.3) is 5.69 Å². The van der Waals surface area contributed by atoms with E-state index in [1.54, 1.807) is 23.1 Å². The SMILES string of the molecule is C[C@@H](OC(=O)c1ccco1)c1ccc(-n2cncn2)cc1. The summed E-state index contributed by atoms with van der Waals surface area (Å²) in [5, 5.41) is 4.05. The molecule has 0 aliphatic rings. The first kappa shape index (κ1) is 13.1. The van der Waals surface area contributed by atoms with Gasteiger partial charge in [0.25, 0.3) is 0 Å². The van der Waals surface area contributed by atoms with Crippen LogP contribution < -0.4 is 0 Å². The van der Waals surface area contributed by atoms with Gasteiger partial charge in [-0.1, -0.05) is 12.1 Å². The first-order valence-electron chi connectivity index (χ1n) is 6.43. The minimum absolute atomic E-state index is 0.195. The highest BCUT2D eigenvalue weighted by molar-refractivity contribution is 5.86. The predicted molar refractivity (Wildman–Crippen MR) is 73.9 cm³/mol. The Morgan fingerprint density at radius 1 is 1.29 bits per heavy atom. The number of furan rings is 1. The van der Waals surface area contributed by atoms with Crippen molar-refractivity contribution < 1.29 is 13.9 Å². The molecule has 0 aliphatic carbocycles. The van der Waals surface area contributed by atoms with Gasteiger partial charge in [-0.25, -0.2) is 14.5 Å². The molecule has 0 saturated heterocycles. The Labute approximate surface area is 121 Å². The molecule has 2 heterocycles. The van der Waals surface area contributed by atoms with Crippen molar-refractivity contribution in [1.29, 1.82) is 0 Å². The third-order valence-corrected chi connectivity index (χ3v) is 3.05. The summed E-state index contributed by atoms with van der Waals surface area (Å²) in [4.78, 5) is 15.7. The van der Waals surface area contributed by atoms with Gasteiger partial charge in [0.15, 0.2) is 0 Å². The second-order valence-electron chi connectivity index (χ2n) is 4.46. The predicted octanol–water partition coefficient (Wildman–Crippen LogP) is 2.78. The maximum absolute atomic E-state index is 11.8. The first-order valence-corrected chi connectivity index (χ1v) is 6.43. The molecule has 0 N–H and O–H groups in total. The van der Waals surface area contributed by atoms with Crippen LogP contribution in [0.15, 0.2) is 59.7 Å². The van der Waals surface area contributed by atoms with E-state index in [1.165, 1.54) is 12.6 Å². The third-order valence-electron chi connectivity index (χ3n) is 3.05. The van der Waals surface area contributed by atoms with Gasteiger partial charge in [0.2, 0.25) is 5.76 Å². The Kier molecular flexibility index (Phi) is 3.51. The fraction of sp³-hybridized carbons (Fsp3) is 0.133. The van der Waals surface area contributed by atoms with Gasteiger partial charge in [-0.3, -0.25) is 0 Å². The molecular weight excluding hydrogens is 270 g/mol. The molecule has 106 valence electrons. The van der Waals surface area contributed by atoms with E-state index in [-0.39, 0.29) is 11.9 Å². The number of hydrogen-bond donors (Lipinski definition) is 0. The minimum atomic E-state index is -0.479. The molecule has 0 fully saturated rings. The van der Waals surface area contributed by atoms with Gasteiger partial charge in [0, 0.05) is 0 Å². The van der Waals surface area contributed by atoms with E-state index < -0.39 is 5.97 Å². The monoisotopic (exact) mass is 283 g/mol. The van der Waals surface area contributed by atoms with Crippen LogP contribution in [0, 0.1) is 0 Å². The Balaban J connectivity index is 1.70. The summed E-state index contributed by atoms with van der Waals surface area (Å²) in [6.07, 6.45) is 4.16. The molecule has 0 unspecified atom stereocenters. The van der Waals surface area contributed by atoms with Crippen molar-refractivity contribution in [3.63, 3.8) is 0 Å². The summed E-state index contributed by atoms with van der Waals surface area (Å²) in [5.74, 6) is -0.283. The number of nitrogens with zero attached hydrogens (tertiary/aromatic N) is 3. The van der Waals surface area contributed by atoms with Crippen molar-refractivity contribution in [1.82, 2.24) is 14.8 Å². The normalized spacial score (nSPS) is 12.0. The molecule has 3 rings (SSSR count). The molecule has 6 nitrogen and oxygen atoms in total. The van der Waals surface area contributed by atoms with Crippen molar-refractivity contribution >= 4 is 5.97 Å². The largest absolute Gasteiger partial charge is 0.457 e. The van der Waals surface area contributed by atoms with Crippen LogP contribution in [0.2, 0.25) is 0 Å². The van der Waals surface area contributed by atoms with Crippen LogP contribution in [0.5, 0.6) is 0 Å². The van der Waals surface area contributed by atoms with Gasteiger partial charge < -0.3 is 9.15 Å². The van der Waals surface area contributed by atoms with Gasteiger partial charge in [-0.2, -0.15) is 5.10 Å². The molecule has 21 heavy (non-hydrogen) atoms. The quantitative estimate of drug-likeness (QED) is 0.688. The summed E-state index contributed by atoms with van der Waals surface area (Å²) < 4.78 is 12.0. The van der Waals surface area contributed by atoms with E-state index >= 15 is 0 Å². The molecule has 1 aromatic carbocycles. The van der Waals surface area contributed by atoms with E-state index in [0.29, 0.717) is 0 Å². The summed E-state index contributed by atoms with van der Waals surface area (Å²) in [5.41, 5.74) is 1.78. The molecule has 3 aromatic rings. The van der Waals surface area contributed by atoms with Crippen molar-refractivity contribution in [3.05, 3.63) is 66.6 Å². The number of rotatable bonds is 4. The molecule has 0 spiro atoms. The van der Waals surface area contributed by atoms with Crippen LogP contribution in [-0.2, 0) is 4.74 Å². The zero-order valence-electron chi connectivity index (χ0n) is 11.3. The fourth-order valence-electron chi connectivity index (χ4n) is 1.92. The summed E-state index contributed by atoms with van der Waals surface area (Å²) >= 11 is 0. The molecule has 0 amide bonds. The highest BCUT2D eigenvalue weighted by Crippen LogP contribution is 2.20. The molecule has 6 heteroatoms. The lowest BCUT2D eigenvalue weighted by Crippen LogP contribution is -2.08. The van der Waals surface area contributed by atoms with Gasteiger partial charge in [-0.05, 0) is 36.8 Å². The summed E-state index contributed by atoms with van der Waals surface area (Å²) in [6.45, 7) is 1.81. The Morgan fingerprint density at radius 3 is 2.71 bits per heavy atom.